The van der Waals surface area contributed by atoms with Crippen molar-refractivity contribution in [2.24, 2.45) is 7.05 Å². The number of nitrogens with zero attached hydrogens (tertiary/aromatic N) is 2. The van der Waals surface area contributed by atoms with Crippen LogP contribution in [0.4, 0.5) is 4.39 Å². The van der Waals surface area contributed by atoms with Crippen molar-refractivity contribution in [2.75, 3.05) is 0 Å². The van der Waals surface area contributed by atoms with Crippen LogP contribution in [0, 0.1) is 5.82 Å². The second-order valence-corrected chi connectivity index (χ2v) is 4.26. The smallest absolute Gasteiger partial charge is 0.142 e. The van der Waals surface area contributed by atoms with Crippen molar-refractivity contribution in [3.8, 4) is 0 Å². The number of benzene rings is 1. The Balaban J connectivity index is 2.16. The van der Waals surface area contributed by atoms with Crippen LogP contribution < -0.4 is 0 Å². The van der Waals surface area contributed by atoms with Gasteiger partial charge in [-0.1, -0.05) is 17.7 Å². The lowest BCUT2D eigenvalue weighted by molar-refractivity contribution is 0.168. The quantitative estimate of drug-likeness (QED) is 0.914. The number of hydrogen-bond acceptors (Lipinski definition) is 2. The van der Waals surface area contributed by atoms with Crippen molar-refractivity contribution in [3.05, 3.63) is 52.6 Å². The van der Waals surface area contributed by atoms with Gasteiger partial charge >= 0.3 is 0 Å². The highest BCUT2D eigenvalue weighted by molar-refractivity contribution is 6.30. The predicted molar refractivity (Wildman–Crippen MR) is 63.3 cm³/mol. The van der Waals surface area contributed by atoms with Crippen LogP contribution in [0.1, 0.15) is 17.4 Å². The molecule has 1 unspecified atom stereocenters. The fraction of sp³-hybridized carbons (Fsp3) is 0.250. The van der Waals surface area contributed by atoms with E-state index in [1.165, 1.54) is 12.1 Å². The molecule has 1 aromatic carbocycles. The van der Waals surface area contributed by atoms with Gasteiger partial charge in [-0.15, -0.1) is 0 Å². The van der Waals surface area contributed by atoms with E-state index in [4.69, 9.17) is 11.6 Å². The molecule has 0 fully saturated rings. The number of aliphatic hydroxyl groups excluding tert-OH is 1. The van der Waals surface area contributed by atoms with Crippen molar-refractivity contribution in [1.29, 1.82) is 0 Å². The van der Waals surface area contributed by atoms with Crippen LogP contribution in [0.5, 0.6) is 0 Å². The Morgan fingerprint density at radius 2 is 2.24 bits per heavy atom. The summed E-state index contributed by atoms with van der Waals surface area (Å²) in [4.78, 5) is 0. The Kier molecular flexibility index (Phi) is 3.45. The van der Waals surface area contributed by atoms with Gasteiger partial charge in [0.05, 0.1) is 16.8 Å². The third-order valence-electron chi connectivity index (χ3n) is 2.61. The molecule has 0 aliphatic carbocycles. The molecule has 3 nitrogen and oxygen atoms in total. The van der Waals surface area contributed by atoms with Crippen molar-refractivity contribution >= 4 is 11.6 Å². The molecule has 0 aliphatic heterocycles. The fourth-order valence-electron chi connectivity index (χ4n) is 1.71. The lowest BCUT2D eigenvalue weighted by Gasteiger charge is -2.11. The van der Waals surface area contributed by atoms with Gasteiger partial charge in [0, 0.05) is 19.7 Å². The van der Waals surface area contributed by atoms with Crippen LogP contribution >= 0.6 is 11.6 Å². The molecule has 0 saturated carbocycles. The van der Waals surface area contributed by atoms with E-state index in [1.54, 1.807) is 30.1 Å². The summed E-state index contributed by atoms with van der Waals surface area (Å²) in [7, 11) is 1.75. The molecule has 90 valence electrons. The topological polar surface area (TPSA) is 38.0 Å². The molecule has 2 aromatic rings. The van der Waals surface area contributed by atoms with Gasteiger partial charge in [-0.3, -0.25) is 4.68 Å². The van der Waals surface area contributed by atoms with E-state index in [-0.39, 0.29) is 5.02 Å². The summed E-state index contributed by atoms with van der Waals surface area (Å²) in [6.45, 7) is 0. The average molecular weight is 255 g/mol. The maximum atomic E-state index is 13.2. The van der Waals surface area contributed by atoms with Gasteiger partial charge in [-0.05, 0) is 23.8 Å². The number of aromatic nitrogens is 2. The van der Waals surface area contributed by atoms with Gasteiger partial charge in [0.1, 0.15) is 5.82 Å². The maximum absolute atomic E-state index is 13.2. The van der Waals surface area contributed by atoms with E-state index < -0.39 is 11.9 Å². The van der Waals surface area contributed by atoms with Gasteiger partial charge in [0.25, 0.3) is 0 Å². The zero-order chi connectivity index (χ0) is 12.4. The monoisotopic (exact) mass is 254 g/mol. The number of aryl methyl sites for hydroxylation is 1. The van der Waals surface area contributed by atoms with Crippen molar-refractivity contribution in [3.63, 3.8) is 0 Å². The first-order chi connectivity index (χ1) is 8.08. The Bertz CT molecular complexity index is 527. The second kappa shape index (κ2) is 4.85. The van der Waals surface area contributed by atoms with Gasteiger partial charge < -0.3 is 5.11 Å². The summed E-state index contributed by atoms with van der Waals surface area (Å²) in [6.07, 6.45) is 1.23. The molecule has 2 rings (SSSR count). The molecule has 17 heavy (non-hydrogen) atoms. The molecule has 0 bridgehead atoms. The van der Waals surface area contributed by atoms with E-state index in [0.717, 1.165) is 0 Å². The normalized spacial score (nSPS) is 12.7. The maximum Gasteiger partial charge on any atom is 0.142 e. The summed E-state index contributed by atoms with van der Waals surface area (Å²) in [5, 5.41) is 14.0. The summed E-state index contributed by atoms with van der Waals surface area (Å²) >= 11 is 5.59. The van der Waals surface area contributed by atoms with Gasteiger partial charge in [0.2, 0.25) is 0 Å². The Hall–Kier alpha value is -1.39. The van der Waals surface area contributed by atoms with E-state index in [9.17, 15) is 9.50 Å². The molecule has 5 heteroatoms. The minimum Gasteiger partial charge on any atom is -0.386 e. The highest BCUT2D eigenvalue weighted by Crippen LogP contribution is 2.21. The van der Waals surface area contributed by atoms with Crippen LogP contribution in [0.25, 0.3) is 0 Å². The van der Waals surface area contributed by atoms with E-state index in [2.05, 4.69) is 5.10 Å². The number of halogens is 2. The molecular formula is C12H12ClFN2O. The molecule has 0 aliphatic rings. The van der Waals surface area contributed by atoms with E-state index in [1.807, 2.05) is 0 Å². The first-order valence-electron chi connectivity index (χ1n) is 5.18. The summed E-state index contributed by atoms with van der Waals surface area (Å²) < 4.78 is 14.8. The highest BCUT2D eigenvalue weighted by Gasteiger charge is 2.13. The number of hydrogen-bond donors (Lipinski definition) is 1. The minimum atomic E-state index is -0.705. The van der Waals surface area contributed by atoms with Gasteiger partial charge in [-0.2, -0.15) is 5.10 Å². The summed E-state index contributed by atoms with van der Waals surface area (Å²) in [6, 6.07) is 6.26. The number of rotatable bonds is 3. The zero-order valence-electron chi connectivity index (χ0n) is 9.27. The zero-order valence-corrected chi connectivity index (χ0v) is 10.0. The van der Waals surface area contributed by atoms with Crippen molar-refractivity contribution in [1.82, 2.24) is 9.78 Å². The third kappa shape index (κ3) is 2.65. The van der Waals surface area contributed by atoms with Crippen molar-refractivity contribution < 1.29 is 9.50 Å². The van der Waals surface area contributed by atoms with E-state index in [0.29, 0.717) is 17.7 Å². The Labute approximate surface area is 103 Å². The average Bonchev–Trinajstić information content (AvgIpc) is 2.70. The fourth-order valence-corrected chi connectivity index (χ4v) is 1.82. The molecule has 0 saturated heterocycles. The van der Waals surface area contributed by atoms with Crippen molar-refractivity contribution in [2.45, 2.75) is 12.5 Å². The molecule has 0 amide bonds. The first-order valence-corrected chi connectivity index (χ1v) is 5.55. The molecule has 1 N–H and O–H groups in total. The molecule has 0 spiro atoms. The van der Waals surface area contributed by atoms with Crippen LogP contribution in [-0.2, 0) is 13.5 Å². The van der Waals surface area contributed by atoms with Gasteiger partial charge in [0.15, 0.2) is 0 Å². The minimum absolute atomic E-state index is 0.0868. The molecule has 1 aromatic heterocycles. The molecule has 0 radical (unpaired) electrons. The molecule has 1 atom stereocenters. The van der Waals surface area contributed by atoms with Crippen LogP contribution in [0.15, 0.2) is 30.5 Å². The van der Waals surface area contributed by atoms with E-state index >= 15 is 0 Å². The molecule has 1 heterocycles. The highest BCUT2D eigenvalue weighted by atomic mass is 35.5. The predicted octanol–water partition coefficient (Wildman–Crippen LogP) is 2.49. The lowest BCUT2D eigenvalue weighted by atomic mass is 10.1. The van der Waals surface area contributed by atoms with Crippen LogP contribution in [0.2, 0.25) is 5.02 Å². The summed E-state index contributed by atoms with van der Waals surface area (Å²) in [5.41, 5.74) is 1.39. The molecular weight excluding hydrogens is 243 g/mol. The largest absolute Gasteiger partial charge is 0.386 e. The lowest BCUT2D eigenvalue weighted by Crippen LogP contribution is -2.08. The SMILES string of the molecule is Cn1nccc1C(O)Cc1ccc(Cl)c(F)c1. The Morgan fingerprint density at radius 3 is 2.82 bits per heavy atom. The summed E-state index contributed by atoms with van der Waals surface area (Å²) in [5.74, 6) is -0.471. The van der Waals surface area contributed by atoms with Crippen LogP contribution in [0.3, 0.4) is 0 Å². The Morgan fingerprint density at radius 1 is 1.47 bits per heavy atom. The van der Waals surface area contributed by atoms with Crippen LogP contribution in [-0.4, -0.2) is 14.9 Å². The third-order valence-corrected chi connectivity index (χ3v) is 2.92. The standard InChI is InChI=1S/C12H12ClFN2O/c1-16-11(4-5-15-16)12(17)7-8-2-3-9(13)10(14)6-8/h2-6,12,17H,7H2,1H3. The second-order valence-electron chi connectivity index (χ2n) is 3.85. The number of aliphatic hydroxyl groups is 1. The first kappa shape index (κ1) is 12.1. The van der Waals surface area contributed by atoms with Gasteiger partial charge in [-0.25, -0.2) is 4.39 Å².